The van der Waals surface area contributed by atoms with Crippen molar-refractivity contribution in [1.29, 1.82) is 0 Å². The van der Waals surface area contributed by atoms with Crippen LogP contribution >= 0.6 is 0 Å². The normalized spacial score (nSPS) is 15.7. The summed E-state index contributed by atoms with van der Waals surface area (Å²) < 4.78 is 38.4. The predicted molar refractivity (Wildman–Crippen MR) is 96.7 cm³/mol. The van der Waals surface area contributed by atoms with Crippen molar-refractivity contribution in [1.82, 2.24) is 14.6 Å². The van der Waals surface area contributed by atoms with Crippen LogP contribution in [0, 0.1) is 16.5 Å². The molecule has 1 aliphatic rings. The number of benzene rings is 1. The van der Waals surface area contributed by atoms with E-state index in [4.69, 9.17) is 5.73 Å². The van der Waals surface area contributed by atoms with Gasteiger partial charge in [-0.15, -0.1) is 10.0 Å². The van der Waals surface area contributed by atoms with Crippen LogP contribution in [0.4, 0.5) is 24.8 Å². The standard InChI is InChI=1S/C11H11FN6O3.C6H4F2/c12-6-1-3-17(5-6)7-2-4-18-10(14-7)8(9(13)15-18)11(19)21-16-20;7-5-1-2-6(8)4-3-5/h2,4,6H,1,3,5H2,(H2,13,15);1-4H. The maximum Gasteiger partial charge on any atom is 0.376 e. The minimum atomic E-state index is -1.04. The lowest BCUT2D eigenvalue weighted by atomic mass is 10.3. The first-order valence-electron chi connectivity index (χ1n) is 8.38. The number of hydrogen-bond donors (Lipinski definition) is 1. The molecule has 2 N–H and O–H groups in total. The number of carbonyl (C=O) groups excluding carboxylic acids is 1. The molecule has 1 atom stereocenters. The van der Waals surface area contributed by atoms with Crippen molar-refractivity contribution in [2.24, 2.45) is 5.34 Å². The first-order chi connectivity index (χ1) is 13.9. The van der Waals surface area contributed by atoms with E-state index in [9.17, 15) is 22.9 Å². The van der Waals surface area contributed by atoms with Crippen molar-refractivity contribution in [3.8, 4) is 0 Å². The number of hydrogen-bond acceptors (Lipinski definition) is 8. The zero-order valence-electron chi connectivity index (χ0n) is 14.8. The summed E-state index contributed by atoms with van der Waals surface area (Å²) in [6.07, 6.45) is 1.07. The van der Waals surface area contributed by atoms with Crippen molar-refractivity contribution in [2.45, 2.75) is 12.6 Å². The van der Waals surface area contributed by atoms with E-state index in [1.807, 2.05) is 0 Å². The Balaban J connectivity index is 0.000000252. The number of carbonyl (C=O) groups is 1. The molecule has 12 heteroatoms. The molecule has 29 heavy (non-hydrogen) atoms. The molecule has 9 nitrogen and oxygen atoms in total. The Morgan fingerprint density at radius 1 is 1.21 bits per heavy atom. The Labute approximate surface area is 161 Å². The molecule has 0 saturated carbocycles. The van der Waals surface area contributed by atoms with Gasteiger partial charge in [0.1, 0.15) is 23.6 Å². The molecule has 1 aliphatic heterocycles. The number of rotatable bonds is 3. The van der Waals surface area contributed by atoms with Gasteiger partial charge in [-0.05, 0) is 36.8 Å². The fourth-order valence-electron chi connectivity index (χ4n) is 2.74. The van der Waals surface area contributed by atoms with Crippen LogP contribution in [0.3, 0.4) is 0 Å². The lowest BCUT2D eigenvalue weighted by Crippen LogP contribution is -2.21. The summed E-state index contributed by atoms with van der Waals surface area (Å²) in [5, 5.41) is 5.96. The number of anilines is 2. The largest absolute Gasteiger partial charge is 0.381 e. The van der Waals surface area contributed by atoms with E-state index in [-0.39, 0.29) is 23.6 Å². The molecule has 3 heterocycles. The first-order valence-corrected chi connectivity index (χ1v) is 8.38. The highest BCUT2D eigenvalue weighted by Gasteiger charge is 2.26. The molecule has 0 amide bonds. The Hall–Kier alpha value is -3.70. The number of alkyl halides is 1. The number of fused-ring (bicyclic) bond motifs is 1. The third-order valence-electron chi connectivity index (χ3n) is 4.08. The second-order valence-corrected chi connectivity index (χ2v) is 6.04. The van der Waals surface area contributed by atoms with E-state index in [1.54, 1.807) is 17.2 Å². The van der Waals surface area contributed by atoms with Crippen molar-refractivity contribution in [2.75, 3.05) is 23.7 Å². The van der Waals surface area contributed by atoms with Crippen LogP contribution < -0.4 is 10.6 Å². The van der Waals surface area contributed by atoms with Crippen LogP contribution in [0.15, 0.2) is 41.9 Å². The summed E-state index contributed by atoms with van der Waals surface area (Å²) in [7, 11) is 0. The summed E-state index contributed by atoms with van der Waals surface area (Å²) in [4.78, 5) is 31.7. The number of aromatic nitrogens is 3. The summed E-state index contributed by atoms with van der Waals surface area (Å²) in [5.74, 6) is -1.49. The second kappa shape index (κ2) is 8.54. The third kappa shape index (κ3) is 4.59. The van der Waals surface area contributed by atoms with E-state index < -0.39 is 23.8 Å². The molecule has 4 rings (SSSR count). The molecular formula is C17H15F3N6O3. The maximum absolute atomic E-state index is 13.3. The molecule has 1 aromatic carbocycles. The first kappa shape index (κ1) is 20.0. The van der Waals surface area contributed by atoms with Gasteiger partial charge >= 0.3 is 5.97 Å². The van der Waals surface area contributed by atoms with Gasteiger partial charge in [0.25, 0.3) is 0 Å². The average Bonchev–Trinajstić information content (AvgIpc) is 3.26. The molecule has 1 unspecified atom stereocenters. The lowest BCUT2D eigenvalue weighted by molar-refractivity contribution is 0.0511. The van der Waals surface area contributed by atoms with E-state index in [1.165, 1.54) is 4.52 Å². The molecular weight excluding hydrogens is 393 g/mol. The molecule has 2 aromatic heterocycles. The zero-order chi connectivity index (χ0) is 21.0. The fraction of sp³-hybridized carbons (Fsp3) is 0.235. The SMILES string of the molecule is Fc1ccc(F)cc1.Nc1nn2ccc(N3CCC(F)C3)nc2c1C(=O)ON=O. The number of nitrogen functional groups attached to an aromatic ring is 1. The zero-order valence-corrected chi connectivity index (χ0v) is 14.8. The summed E-state index contributed by atoms with van der Waals surface area (Å²) in [5.41, 5.74) is 5.60. The van der Waals surface area contributed by atoms with Crippen molar-refractivity contribution in [3.05, 3.63) is 58.6 Å². The minimum Gasteiger partial charge on any atom is -0.381 e. The predicted octanol–water partition coefficient (Wildman–Crippen LogP) is 2.66. The summed E-state index contributed by atoms with van der Waals surface area (Å²) in [6, 6.07) is 5.96. The van der Waals surface area contributed by atoms with Gasteiger partial charge < -0.3 is 10.6 Å². The number of nitrogens with two attached hydrogens (primary N) is 1. The van der Waals surface area contributed by atoms with E-state index >= 15 is 0 Å². The van der Waals surface area contributed by atoms with Crippen molar-refractivity contribution >= 4 is 23.3 Å². The minimum absolute atomic E-state index is 0.126. The highest BCUT2D eigenvalue weighted by atomic mass is 19.1. The van der Waals surface area contributed by atoms with E-state index in [0.29, 0.717) is 18.8 Å². The van der Waals surface area contributed by atoms with Crippen LogP contribution in [0.2, 0.25) is 0 Å². The number of nitrogens with zero attached hydrogens (tertiary/aromatic N) is 5. The van der Waals surface area contributed by atoms with Crippen LogP contribution in [-0.2, 0) is 4.84 Å². The monoisotopic (exact) mass is 408 g/mol. The Kier molecular flexibility index (Phi) is 5.90. The highest BCUT2D eigenvalue weighted by molar-refractivity contribution is 6.00. The third-order valence-corrected chi connectivity index (χ3v) is 4.08. The fourth-order valence-corrected chi connectivity index (χ4v) is 2.74. The van der Waals surface area contributed by atoms with Gasteiger partial charge in [-0.2, -0.15) is 0 Å². The van der Waals surface area contributed by atoms with Gasteiger partial charge in [0.2, 0.25) is 0 Å². The average molecular weight is 408 g/mol. The van der Waals surface area contributed by atoms with Crippen molar-refractivity contribution < 1.29 is 22.8 Å². The molecule has 152 valence electrons. The van der Waals surface area contributed by atoms with Gasteiger partial charge in [0.05, 0.1) is 6.54 Å². The maximum atomic E-state index is 13.3. The molecule has 0 bridgehead atoms. The smallest absolute Gasteiger partial charge is 0.376 e. The van der Waals surface area contributed by atoms with Gasteiger partial charge in [-0.25, -0.2) is 27.5 Å². The molecule has 0 radical (unpaired) electrons. The van der Waals surface area contributed by atoms with E-state index in [0.717, 1.165) is 24.3 Å². The van der Waals surface area contributed by atoms with Gasteiger partial charge in [0.15, 0.2) is 22.4 Å². The van der Waals surface area contributed by atoms with Crippen LogP contribution in [0.1, 0.15) is 16.8 Å². The van der Waals surface area contributed by atoms with Crippen LogP contribution in [0.25, 0.3) is 5.65 Å². The van der Waals surface area contributed by atoms with Crippen LogP contribution in [-0.4, -0.2) is 39.8 Å². The highest BCUT2D eigenvalue weighted by Crippen LogP contribution is 2.23. The molecule has 1 saturated heterocycles. The molecule has 1 fully saturated rings. The van der Waals surface area contributed by atoms with Gasteiger partial charge in [-0.3, -0.25) is 4.84 Å². The van der Waals surface area contributed by atoms with Gasteiger partial charge in [0, 0.05) is 12.7 Å². The summed E-state index contributed by atoms with van der Waals surface area (Å²) in [6.45, 7) is 0.770. The topological polar surface area (TPSA) is 115 Å². The van der Waals surface area contributed by atoms with Gasteiger partial charge in [-0.1, -0.05) is 0 Å². The number of halogens is 3. The van der Waals surface area contributed by atoms with Crippen LogP contribution in [0.5, 0.6) is 0 Å². The Morgan fingerprint density at radius 3 is 2.41 bits per heavy atom. The Bertz CT molecular complexity index is 1010. The lowest BCUT2D eigenvalue weighted by Gasteiger charge is -2.15. The quantitative estimate of drug-likeness (QED) is 0.523. The molecule has 0 aliphatic carbocycles. The van der Waals surface area contributed by atoms with Crippen molar-refractivity contribution in [3.63, 3.8) is 0 Å². The molecule has 0 spiro atoms. The van der Waals surface area contributed by atoms with E-state index in [2.05, 4.69) is 20.3 Å². The second-order valence-electron chi connectivity index (χ2n) is 6.04. The Morgan fingerprint density at radius 2 is 1.86 bits per heavy atom. The molecule has 3 aromatic rings. The summed E-state index contributed by atoms with van der Waals surface area (Å²) >= 11 is 0.